The fraction of sp³-hybridized carbons (Fsp3) is 0.571. The van der Waals surface area contributed by atoms with Gasteiger partial charge in [-0.05, 0) is 37.9 Å². The van der Waals surface area contributed by atoms with Gasteiger partial charge >= 0.3 is 0 Å². The van der Waals surface area contributed by atoms with Crippen molar-refractivity contribution >= 4 is 11.8 Å². The van der Waals surface area contributed by atoms with Crippen molar-refractivity contribution in [1.29, 1.82) is 0 Å². The maximum absolute atomic E-state index is 13.6. The molecule has 17 heavy (non-hydrogen) atoms. The van der Waals surface area contributed by atoms with Gasteiger partial charge < -0.3 is 5.32 Å². The van der Waals surface area contributed by atoms with Gasteiger partial charge in [-0.1, -0.05) is 25.5 Å². The maximum atomic E-state index is 13.6. The van der Waals surface area contributed by atoms with Crippen molar-refractivity contribution in [3.05, 3.63) is 30.1 Å². The smallest absolute Gasteiger partial charge is 0.136 e. The van der Waals surface area contributed by atoms with Crippen LogP contribution in [0.1, 0.15) is 32.6 Å². The SMILES string of the molecule is CCNC1CCCC(Sc2ccccc2F)C1. The lowest BCUT2D eigenvalue weighted by Crippen LogP contribution is -2.34. The van der Waals surface area contributed by atoms with Crippen molar-refractivity contribution in [1.82, 2.24) is 5.32 Å². The molecule has 1 N–H and O–H groups in total. The molecule has 0 amide bonds. The molecule has 1 nitrogen and oxygen atoms in total. The number of rotatable bonds is 4. The normalized spacial score (nSPS) is 24.8. The summed E-state index contributed by atoms with van der Waals surface area (Å²) >= 11 is 1.71. The predicted octanol–water partition coefficient (Wildman–Crippen LogP) is 3.84. The van der Waals surface area contributed by atoms with E-state index in [1.807, 2.05) is 12.1 Å². The molecule has 0 radical (unpaired) electrons. The van der Waals surface area contributed by atoms with Crippen LogP contribution in [-0.2, 0) is 0 Å². The Morgan fingerprint density at radius 2 is 2.18 bits per heavy atom. The molecule has 0 bridgehead atoms. The minimum atomic E-state index is -0.0805. The van der Waals surface area contributed by atoms with E-state index in [0.29, 0.717) is 11.3 Å². The average Bonchev–Trinajstić information content (AvgIpc) is 2.33. The summed E-state index contributed by atoms with van der Waals surface area (Å²) in [5.41, 5.74) is 0. The van der Waals surface area contributed by atoms with E-state index >= 15 is 0 Å². The molecule has 3 heteroatoms. The molecule has 0 spiro atoms. The Bertz CT molecular complexity index is 354. The van der Waals surface area contributed by atoms with Gasteiger partial charge in [0.1, 0.15) is 5.82 Å². The van der Waals surface area contributed by atoms with Gasteiger partial charge in [0.25, 0.3) is 0 Å². The molecular formula is C14H20FNS. The molecule has 0 aromatic heterocycles. The molecule has 1 aliphatic carbocycles. The van der Waals surface area contributed by atoms with Crippen molar-refractivity contribution in [2.75, 3.05) is 6.54 Å². The third kappa shape index (κ3) is 3.71. The highest BCUT2D eigenvalue weighted by Crippen LogP contribution is 2.34. The minimum absolute atomic E-state index is 0.0805. The third-order valence-corrected chi connectivity index (χ3v) is 4.60. The highest BCUT2D eigenvalue weighted by molar-refractivity contribution is 8.00. The molecule has 1 aromatic carbocycles. The van der Waals surface area contributed by atoms with Crippen LogP contribution in [0.25, 0.3) is 0 Å². The van der Waals surface area contributed by atoms with E-state index in [0.717, 1.165) is 17.9 Å². The minimum Gasteiger partial charge on any atom is -0.314 e. The van der Waals surface area contributed by atoms with E-state index in [1.54, 1.807) is 23.9 Å². The van der Waals surface area contributed by atoms with E-state index in [4.69, 9.17) is 0 Å². The quantitative estimate of drug-likeness (QED) is 0.875. The molecule has 1 fully saturated rings. The maximum Gasteiger partial charge on any atom is 0.136 e. The number of hydrogen-bond acceptors (Lipinski definition) is 2. The number of nitrogens with one attached hydrogen (secondary N) is 1. The first-order chi connectivity index (χ1) is 8.29. The molecule has 0 saturated heterocycles. The Balaban J connectivity index is 1.92. The summed E-state index contributed by atoms with van der Waals surface area (Å²) < 4.78 is 13.6. The zero-order valence-electron chi connectivity index (χ0n) is 10.3. The van der Waals surface area contributed by atoms with E-state index in [9.17, 15) is 4.39 Å². The van der Waals surface area contributed by atoms with Crippen LogP contribution < -0.4 is 5.32 Å². The average molecular weight is 253 g/mol. The van der Waals surface area contributed by atoms with Crippen LogP contribution in [0.3, 0.4) is 0 Å². The standard InChI is InChI=1S/C14H20FNS/c1-2-16-11-6-5-7-12(10-11)17-14-9-4-3-8-13(14)15/h3-4,8-9,11-12,16H,2,5-7,10H2,1H3. The summed E-state index contributed by atoms with van der Waals surface area (Å²) in [4.78, 5) is 0.801. The van der Waals surface area contributed by atoms with Gasteiger partial charge in [0.15, 0.2) is 0 Å². The molecule has 2 atom stereocenters. The van der Waals surface area contributed by atoms with Gasteiger partial charge in [0.05, 0.1) is 0 Å². The number of benzene rings is 1. The third-order valence-electron chi connectivity index (χ3n) is 3.25. The summed E-state index contributed by atoms with van der Waals surface area (Å²) in [7, 11) is 0. The summed E-state index contributed by atoms with van der Waals surface area (Å²) in [6, 6.07) is 7.72. The zero-order chi connectivity index (χ0) is 12.1. The largest absolute Gasteiger partial charge is 0.314 e. The van der Waals surface area contributed by atoms with Crippen LogP contribution >= 0.6 is 11.8 Å². The summed E-state index contributed by atoms with van der Waals surface area (Å²) in [5.74, 6) is -0.0805. The fourth-order valence-corrected chi connectivity index (χ4v) is 3.76. The van der Waals surface area contributed by atoms with Crippen molar-refractivity contribution in [2.24, 2.45) is 0 Å². The second kappa shape index (κ2) is 6.41. The summed E-state index contributed by atoms with van der Waals surface area (Å²) in [6.07, 6.45) is 4.89. The van der Waals surface area contributed by atoms with Crippen molar-refractivity contribution in [3.8, 4) is 0 Å². The summed E-state index contributed by atoms with van der Waals surface area (Å²) in [6.45, 7) is 3.18. The summed E-state index contributed by atoms with van der Waals surface area (Å²) in [5, 5.41) is 4.07. The lowest BCUT2D eigenvalue weighted by atomic mass is 9.95. The Morgan fingerprint density at radius 1 is 1.35 bits per heavy atom. The van der Waals surface area contributed by atoms with Gasteiger partial charge in [0.2, 0.25) is 0 Å². The van der Waals surface area contributed by atoms with Gasteiger partial charge in [-0.25, -0.2) is 4.39 Å². The molecule has 0 heterocycles. The Kier molecular flexibility index (Phi) is 4.86. The van der Waals surface area contributed by atoms with E-state index in [2.05, 4.69) is 12.2 Å². The van der Waals surface area contributed by atoms with Crippen molar-refractivity contribution < 1.29 is 4.39 Å². The molecule has 0 aliphatic heterocycles. The molecule has 94 valence electrons. The van der Waals surface area contributed by atoms with Crippen LogP contribution in [0.5, 0.6) is 0 Å². The molecule has 2 rings (SSSR count). The van der Waals surface area contributed by atoms with Gasteiger partial charge in [-0.2, -0.15) is 0 Å². The highest BCUT2D eigenvalue weighted by Gasteiger charge is 2.22. The van der Waals surface area contributed by atoms with E-state index in [-0.39, 0.29) is 5.82 Å². The number of hydrogen-bond donors (Lipinski definition) is 1. The van der Waals surface area contributed by atoms with Gasteiger partial charge in [-0.3, -0.25) is 0 Å². The molecule has 2 unspecified atom stereocenters. The van der Waals surface area contributed by atoms with E-state index < -0.39 is 0 Å². The first kappa shape index (κ1) is 12.9. The number of halogens is 1. The Hall–Kier alpha value is -0.540. The lowest BCUT2D eigenvalue weighted by Gasteiger charge is -2.29. The van der Waals surface area contributed by atoms with E-state index in [1.165, 1.54) is 19.3 Å². The van der Waals surface area contributed by atoms with Gasteiger partial charge in [-0.15, -0.1) is 11.8 Å². The first-order valence-corrected chi connectivity index (χ1v) is 7.32. The highest BCUT2D eigenvalue weighted by atomic mass is 32.2. The zero-order valence-corrected chi connectivity index (χ0v) is 11.1. The fourth-order valence-electron chi connectivity index (χ4n) is 2.45. The first-order valence-electron chi connectivity index (χ1n) is 6.44. The van der Waals surface area contributed by atoms with Crippen LogP contribution in [0, 0.1) is 5.82 Å². The molecule has 1 aromatic rings. The van der Waals surface area contributed by atoms with Crippen LogP contribution in [0.4, 0.5) is 4.39 Å². The second-order valence-corrected chi connectivity index (χ2v) is 5.93. The molecule has 1 aliphatic rings. The lowest BCUT2D eigenvalue weighted by molar-refractivity contribution is 0.387. The van der Waals surface area contributed by atoms with Crippen LogP contribution in [-0.4, -0.2) is 17.8 Å². The van der Waals surface area contributed by atoms with Crippen molar-refractivity contribution in [2.45, 2.75) is 48.8 Å². The van der Waals surface area contributed by atoms with Crippen molar-refractivity contribution in [3.63, 3.8) is 0 Å². The number of thioether (sulfide) groups is 1. The molecular weight excluding hydrogens is 233 g/mol. The predicted molar refractivity (Wildman–Crippen MR) is 72.0 cm³/mol. The van der Waals surface area contributed by atoms with Gasteiger partial charge in [0, 0.05) is 16.2 Å². The molecule has 1 saturated carbocycles. The van der Waals surface area contributed by atoms with Crippen LogP contribution in [0.2, 0.25) is 0 Å². The Morgan fingerprint density at radius 3 is 2.94 bits per heavy atom. The monoisotopic (exact) mass is 253 g/mol. The topological polar surface area (TPSA) is 12.0 Å². The second-order valence-electron chi connectivity index (χ2n) is 4.59. The van der Waals surface area contributed by atoms with Crippen LogP contribution in [0.15, 0.2) is 29.2 Å². The Labute approximate surface area is 107 Å².